The molecular weight excluding hydrogens is 425 g/mol. The first-order chi connectivity index (χ1) is 11.7. The molecule has 5 nitrogen and oxygen atoms in total. The van der Waals surface area contributed by atoms with E-state index in [9.17, 15) is 0 Å². The highest BCUT2D eigenvalue weighted by atomic mass is 127. The zero-order valence-corrected chi connectivity index (χ0v) is 17.8. The Morgan fingerprint density at radius 1 is 1.28 bits per heavy atom. The molecule has 1 unspecified atom stereocenters. The van der Waals surface area contributed by atoms with Crippen molar-refractivity contribution in [1.29, 1.82) is 0 Å². The molecule has 0 amide bonds. The van der Waals surface area contributed by atoms with Crippen molar-refractivity contribution in [3.05, 3.63) is 29.6 Å². The Hall–Kier alpha value is -0.890. The first kappa shape index (κ1) is 20.4. The highest BCUT2D eigenvalue weighted by molar-refractivity contribution is 14.0. The number of hydrogen-bond donors (Lipinski definition) is 2. The molecule has 2 N–H and O–H groups in total. The fourth-order valence-electron chi connectivity index (χ4n) is 3.87. The summed E-state index contributed by atoms with van der Waals surface area (Å²) in [5.41, 5.74) is 2.33. The summed E-state index contributed by atoms with van der Waals surface area (Å²) in [5, 5.41) is 7.03. The summed E-state index contributed by atoms with van der Waals surface area (Å²) in [4.78, 5) is 11.4. The van der Waals surface area contributed by atoms with Gasteiger partial charge in [-0.3, -0.25) is 14.9 Å². The van der Waals surface area contributed by atoms with Crippen molar-refractivity contribution in [2.45, 2.75) is 57.5 Å². The fraction of sp³-hybridized carbons (Fsp3) is 0.684. The third-order valence-corrected chi connectivity index (χ3v) is 5.30. The van der Waals surface area contributed by atoms with Crippen LogP contribution in [0.4, 0.5) is 0 Å². The van der Waals surface area contributed by atoms with Gasteiger partial charge in [0.15, 0.2) is 5.96 Å². The maximum Gasteiger partial charge on any atom is 0.191 e. The molecule has 0 radical (unpaired) electrons. The maximum atomic E-state index is 4.38. The molecule has 0 bridgehead atoms. The standard InChI is InChI=1S/C19H31N5.HI/c1-15-7-8-16(13-22-15)9-11-21-19(20-2)23-17-10-12-24(14-17)18-5-3-4-6-18;/h7-8,13,17-18H,3-6,9-12,14H2,1-2H3,(H2,20,21,23);1H. The van der Waals surface area contributed by atoms with Gasteiger partial charge in [0.05, 0.1) is 0 Å². The summed E-state index contributed by atoms with van der Waals surface area (Å²) in [6.45, 7) is 5.29. The summed E-state index contributed by atoms with van der Waals surface area (Å²) in [5.74, 6) is 0.924. The summed E-state index contributed by atoms with van der Waals surface area (Å²) >= 11 is 0. The lowest BCUT2D eigenvalue weighted by Crippen LogP contribution is -2.45. The molecule has 2 aliphatic rings. The molecule has 0 aromatic carbocycles. The number of pyridine rings is 1. The molecule has 140 valence electrons. The lowest BCUT2D eigenvalue weighted by molar-refractivity contribution is 0.242. The Morgan fingerprint density at radius 2 is 2.08 bits per heavy atom. The molecule has 1 saturated carbocycles. The van der Waals surface area contributed by atoms with Crippen LogP contribution < -0.4 is 10.6 Å². The average Bonchev–Trinajstić information content (AvgIpc) is 3.27. The Balaban J connectivity index is 0.00000225. The van der Waals surface area contributed by atoms with Crippen LogP contribution in [-0.2, 0) is 6.42 Å². The number of guanidine groups is 1. The molecule has 2 heterocycles. The van der Waals surface area contributed by atoms with Gasteiger partial charge < -0.3 is 10.6 Å². The van der Waals surface area contributed by atoms with E-state index in [0.717, 1.165) is 37.2 Å². The minimum atomic E-state index is 0. The van der Waals surface area contributed by atoms with Crippen LogP contribution in [0, 0.1) is 6.92 Å². The van der Waals surface area contributed by atoms with Gasteiger partial charge in [0.25, 0.3) is 0 Å². The van der Waals surface area contributed by atoms with Crippen LogP contribution in [0.3, 0.4) is 0 Å². The van der Waals surface area contributed by atoms with E-state index >= 15 is 0 Å². The van der Waals surface area contributed by atoms with E-state index in [0.29, 0.717) is 6.04 Å². The van der Waals surface area contributed by atoms with Crippen LogP contribution in [0.2, 0.25) is 0 Å². The fourth-order valence-corrected chi connectivity index (χ4v) is 3.87. The molecule has 1 aliphatic heterocycles. The molecule has 1 aromatic rings. The van der Waals surface area contributed by atoms with E-state index in [4.69, 9.17) is 0 Å². The lowest BCUT2D eigenvalue weighted by atomic mass is 10.2. The van der Waals surface area contributed by atoms with Crippen molar-refractivity contribution in [1.82, 2.24) is 20.5 Å². The topological polar surface area (TPSA) is 52.6 Å². The Labute approximate surface area is 169 Å². The van der Waals surface area contributed by atoms with Gasteiger partial charge in [-0.25, -0.2) is 0 Å². The predicted molar refractivity (Wildman–Crippen MR) is 115 cm³/mol. The number of aliphatic imine (C=N–C) groups is 1. The maximum absolute atomic E-state index is 4.38. The van der Waals surface area contributed by atoms with Crippen molar-refractivity contribution >= 4 is 29.9 Å². The molecule has 2 fully saturated rings. The molecule has 1 aromatic heterocycles. The minimum absolute atomic E-state index is 0. The summed E-state index contributed by atoms with van der Waals surface area (Å²) in [6, 6.07) is 5.58. The molecule has 0 spiro atoms. The summed E-state index contributed by atoms with van der Waals surface area (Å²) in [6.07, 6.45) is 9.76. The Bertz CT molecular complexity index is 539. The number of aromatic nitrogens is 1. The van der Waals surface area contributed by atoms with Crippen LogP contribution in [0.25, 0.3) is 0 Å². The monoisotopic (exact) mass is 457 g/mol. The second kappa shape index (κ2) is 10.3. The van der Waals surface area contributed by atoms with Crippen molar-refractivity contribution in [2.24, 2.45) is 4.99 Å². The Morgan fingerprint density at radius 3 is 2.76 bits per heavy atom. The molecule has 1 saturated heterocycles. The van der Waals surface area contributed by atoms with Crippen molar-refractivity contribution in [2.75, 3.05) is 26.7 Å². The minimum Gasteiger partial charge on any atom is -0.356 e. The molecule has 6 heteroatoms. The van der Waals surface area contributed by atoms with Crippen LogP contribution >= 0.6 is 24.0 Å². The second-order valence-corrected chi connectivity index (χ2v) is 7.12. The third-order valence-electron chi connectivity index (χ3n) is 5.30. The van der Waals surface area contributed by atoms with Gasteiger partial charge >= 0.3 is 0 Å². The number of nitrogens with one attached hydrogen (secondary N) is 2. The van der Waals surface area contributed by atoms with Gasteiger partial charge in [-0.15, -0.1) is 24.0 Å². The van der Waals surface area contributed by atoms with Crippen LogP contribution in [0.1, 0.15) is 43.4 Å². The van der Waals surface area contributed by atoms with Crippen LogP contribution in [-0.4, -0.2) is 54.6 Å². The average molecular weight is 457 g/mol. The molecule has 1 atom stereocenters. The first-order valence-electron chi connectivity index (χ1n) is 9.37. The number of nitrogens with zero attached hydrogens (tertiary/aromatic N) is 3. The van der Waals surface area contributed by atoms with Gasteiger partial charge in [0, 0.05) is 50.7 Å². The molecule has 25 heavy (non-hydrogen) atoms. The van der Waals surface area contributed by atoms with Gasteiger partial charge in [0.1, 0.15) is 0 Å². The third kappa shape index (κ3) is 6.09. The predicted octanol–water partition coefficient (Wildman–Crippen LogP) is 2.73. The quantitative estimate of drug-likeness (QED) is 0.406. The highest BCUT2D eigenvalue weighted by Crippen LogP contribution is 2.26. The summed E-state index contributed by atoms with van der Waals surface area (Å²) in [7, 11) is 1.85. The van der Waals surface area contributed by atoms with E-state index < -0.39 is 0 Å². The van der Waals surface area contributed by atoms with E-state index in [-0.39, 0.29) is 24.0 Å². The van der Waals surface area contributed by atoms with E-state index in [1.807, 2.05) is 20.2 Å². The van der Waals surface area contributed by atoms with Gasteiger partial charge in [-0.2, -0.15) is 0 Å². The second-order valence-electron chi connectivity index (χ2n) is 7.12. The van der Waals surface area contributed by atoms with Gasteiger partial charge in [-0.1, -0.05) is 18.9 Å². The van der Waals surface area contributed by atoms with E-state index in [1.54, 1.807) is 0 Å². The SMILES string of the molecule is CN=C(NCCc1ccc(C)nc1)NC1CCN(C2CCCC2)C1.I. The van der Waals surface area contributed by atoms with Crippen LogP contribution in [0.5, 0.6) is 0 Å². The molecule has 1 aliphatic carbocycles. The van der Waals surface area contributed by atoms with Crippen LogP contribution in [0.15, 0.2) is 23.3 Å². The Kier molecular flexibility index (Phi) is 8.42. The normalized spacial score (nSPS) is 22.0. The number of aryl methyl sites for hydroxylation is 1. The van der Waals surface area contributed by atoms with Gasteiger partial charge in [0.2, 0.25) is 0 Å². The highest BCUT2D eigenvalue weighted by Gasteiger charge is 2.30. The first-order valence-corrected chi connectivity index (χ1v) is 9.37. The number of hydrogen-bond acceptors (Lipinski definition) is 3. The van der Waals surface area contributed by atoms with Gasteiger partial charge in [-0.05, 0) is 44.2 Å². The van der Waals surface area contributed by atoms with Crippen molar-refractivity contribution < 1.29 is 0 Å². The lowest BCUT2D eigenvalue weighted by Gasteiger charge is -2.24. The van der Waals surface area contributed by atoms with Crippen molar-refractivity contribution in [3.63, 3.8) is 0 Å². The summed E-state index contributed by atoms with van der Waals surface area (Å²) < 4.78 is 0. The van der Waals surface area contributed by atoms with Crippen molar-refractivity contribution in [3.8, 4) is 0 Å². The molecule has 3 rings (SSSR count). The van der Waals surface area contributed by atoms with E-state index in [1.165, 1.54) is 44.2 Å². The molecular formula is C19H32IN5. The van der Waals surface area contributed by atoms with E-state index in [2.05, 4.69) is 37.6 Å². The number of halogens is 1. The number of likely N-dealkylation sites (tertiary alicyclic amines) is 1. The largest absolute Gasteiger partial charge is 0.356 e. The zero-order valence-electron chi connectivity index (χ0n) is 15.5. The smallest absolute Gasteiger partial charge is 0.191 e. The number of rotatable bonds is 5. The zero-order chi connectivity index (χ0) is 16.8.